The fourth-order valence-electron chi connectivity index (χ4n) is 3.62. The van der Waals surface area contributed by atoms with Crippen molar-refractivity contribution < 1.29 is 23.5 Å². The fourth-order valence-corrected chi connectivity index (χ4v) is 3.62. The number of nitrogens with zero attached hydrogens (tertiary/aromatic N) is 1. The number of alkyl carbamates (subject to hydrolysis) is 1. The lowest BCUT2D eigenvalue weighted by Crippen LogP contribution is -2.50. The van der Waals surface area contributed by atoms with Gasteiger partial charge in [0.15, 0.2) is 0 Å². The van der Waals surface area contributed by atoms with Gasteiger partial charge in [-0.2, -0.15) is 0 Å². The van der Waals surface area contributed by atoms with Crippen LogP contribution in [0, 0.1) is 5.82 Å². The second-order valence-corrected chi connectivity index (χ2v) is 7.31. The molecule has 4 rings (SSSR count). The van der Waals surface area contributed by atoms with E-state index in [0.717, 1.165) is 5.56 Å². The lowest BCUT2D eigenvalue weighted by atomic mass is 9.93. The van der Waals surface area contributed by atoms with Crippen LogP contribution in [0.15, 0.2) is 72.8 Å². The van der Waals surface area contributed by atoms with E-state index in [-0.39, 0.29) is 12.5 Å². The molecular weight excluding hydrogens is 399 g/mol. The summed E-state index contributed by atoms with van der Waals surface area (Å²) >= 11 is 0. The zero-order chi connectivity index (χ0) is 22.0. The van der Waals surface area contributed by atoms with Crippen LogP contribution in [0.3, 0.4) is 0 Å². The molecule has 0 saturated carbocycles. The predicted octanol–water partition coefficient (Wildman–Crippen LogP) is 4.65. The Labute approximate surface area is 179 Å². The fraction of sp³-hybridized carbons (Fsp3) is 0.167. The van der Waals surface area contributed by atoms with Crippen molar-refractivity contribution in [2.24, 2.45) is 0 Å². The number of hydrogen-bond donors (Lipinski definition) is 1. The minimum Gasteiger partial charge on any atom is -0.497 e. The van der Waals surface area contributed by atoms with E-state index in [4.69, 9.17) is 9.47 Å². The molecule has 3 aromatic rings. The number of halogens is 1. The topological polar surface area (TPSA) is 67.9 Å². The third-order valence-electron chi connectivity index (χ3n) is 5.26. The van der Waals surface area contributed by atoms with Gasteiger partial charge in [0, 0.05) is 11.3 Å². The Kier molecular flexibility index (Phi) is 5.33. The number of nitrogens with one attached hydrogen (secondary N) is 1. The van der Waals surface area contributed by atoms with Crippen LogP contribution in [-0.2, 0) is 21.7 Å². The molecule has 158 valence electrons. The van der Waals surface area contributed by atoms with Gasteiger partial charge in [-0.15, -0.1) is 0 Å². The number of benzene rings is 3. The average molecular weight is 420 g/mol. The van der Waals surface area contributed by atoms with Crippen molar-refractivity contribution in [3.63, 3.8) is 0 Å². The Balaban J connectivity index is 1.65. The molecule has 0 radical (unpaired) electrons. The molecule has 31 heavy (non-hydrogen) atoms. The van der Waals surface area contributed by atoms with Crippen LogP contribution in [0.1, 0.15) is 18.1 Å². The Hall–Kier alpha value is -3.87. The summed E-state index contributed by atoms with van der Waals surface area (Å²) in [5.74, 6) is -0.257. The van der Waals surface area contributed by atoms with Crippen LogP contribution in [-0.4, -0.2) is 19.1 Å². The number of carbonyl (C=O) groups excluding carboxylic acids is 2. The summed E-state index contributed by atoms with van der Waals surface area (Å²) in [4.78, 5) is 27.5. The Morgan fingerprint density at radius 1 is 1.06 bits per heavy atom. The van der Waals surface area contributed by atoms with Gasteiger partial charge < -0.3 is 14.8 Å². The summed E-state index contributed by atoms with van der Waals surface area (Å²) in [7, 11) is 1.52. The quantitative estimate of drug-likeness (QED) is 0.652. The monoisotopic (exact) mass is 420 g/mol. The second-order valence-electron chi connectivity index (χ2n) is 7.31. The van der Waals surface area contributed by atoms with Crippen LogP contribution >= 0.6 is 0 Å². The molecule has 0 aromatic heterocycles. The van der Waals surface area contributed by atoms with Gasteiger partial charge in [-0.1, -0.05) is 30.3 Å². The number of hydrogen-bond acceptors (Lipinski definition) is 4. The van der Waals surface area contributed by atoms with Crippen LogP contribution in [0.4, 0.5) is 20.6 Å². The van der Waals surface area contributed by atoms with E-state index in [1.165, 1.54) is 36.3 Å². The smallest absolute Gasteiger partial charge is 0.408 e. The van der Waals surface area contributed by atoms with Crippen molar-refractivity contribution in [1.29, 1.82) is 0 Å². The summed E-state index contributed by atoms with van der Waals surface area (Å²) in [6, 6.07) is 20.0. The van der Waals surface area contributed by atoms with Gasteiger partial charge in [-0.3, -0.25) is 9.69 Å². The van der Waals surface area contributed by atoms with Gasteiger partial charge in [0.1, 0.15) is 23.7 Å². The third-order valence-corrected chi connectivity index (χ3v) is 5.26. The van der Waals surface area contributed by atoms with Crippen LogP contribution in [0.2, 0.25) is 0 Å². The van der Waals surface area contributed by atoms with Gasteiger partial charge in [0.25, 0.3) is 5.91 Å². The number of anilines is 2. The van der Waals surface area contributed by atoms with E-state index >= 15 is 0 Å². The normalized spacial score (nSPS) is 17.3. The molecule has 0 saturated heterocycles. The van der Waals surface area contributed by atoms with Crippen LogP contribution in [0.5, 0.6) is 5.75 Å². The van der Waals surface area contributed by atoms with Gasteiger partial charge in [0.05, 0.1) is 12.8 Å². The van der Waals surface area contributed by atoms with E-state index in [9.17, 15) is 14.0 Å². The Morgan fingerprint density at radius 3 is 2.45 bits per heavy atom. The molecule has 1 heterocycles. The minimum absolute atomic E-state index is 0.0730. The molecule has 1 aliphatic heterocycles. The van der Waals surface area contributed by atoms with Crippen molar-refractivity contribution in [2.45, 2.75) is 19.1 Å². The van der Waals surface area contributed by atoms with E-state index in [2.05, 4.69) is 5.32 Å². The first kappa shape index (κ1) is 20.4. The van der Waals surface area contributed by atoms with E-state index in [1.54, 1.807) is 25.1 Å². The predicted molar refractivity (Wildman–Crippen MR) is 114 cm³/mol. The van der Waals surface area contributed by atoms with Gasteiger partial charge in [0.2, 0.25) is 0 Å². The van der Waals surface area contributed by atoms with Crippen LogP contribution in [0.25, 0.3) is 0 Å². The van der Waals surface area contributed by atoms with Crippen molar-refractivity contribution in [3.8, 4) is 5.75 Å². The average Bonchev–Trinajstić information content (AvgIpc) is 3.00. The summed E-state index contributed by atoms with van der Waals surface area (Å²) in [6.45, 7) is 1.69. The Morgan fingerprint density at radius 2 is 1.77 bits per heavy atom. The van der Waals surface area contributed by atoms with Crippen molar-refractivity contribution in [3.05, 3.63) is 89.7 Å². The SMILES string of the molecule is COc1ccc2c(c1)C(C)(NC(=O)OCc1ccccc1)C(=O)N2c1ccc(F)cc1. The highest BCUT2D eigenvalue weighted by Crippen LogP contribution is 2.45. The largest absolute Gasteiger partial charge is 0.497 e. The molecule has 3 aromatic carbocycles. The maximum absolute atomic E-state index is 13.5. The van der Waals surface area contributed by atoms with Gasteiger partial charge >= 0.3 is 6.09 Å². The first-order chi connectivity index (χ1) is 14.9. The molecule has 1 unspecified atom stereocenters. The standard InChI is InChI=1S/C24H21FN2O4/c1-24(26-23(29)31-15-16-6-4-3-5-7-16)20-14-19(30-2)12-13-21(20)27(22(24)28)18-10-8-17(25)9-11-18/h3-14H,15H2,1-2H3,(H,26,29). The molecule has 7 heteroatoms. The highest BCUT2D eigenvalue weighted by molar-refractivity contribution is 6.13. The van der Waals surface area contributed by atoms with E-state index in [1.807, 2.05) is 30.3 Å². The zero-order valence-corrected chi connectivity index (χ0v) is 17.1. The molecule has 2 amide bonds. The maximum atomic E-state index is 13.5. The van der Waals surface area contributed by atoms with Crippen LogP contribution < -0.4 is 15.0 Å². The first-order valence-corrected chi connectivity index (χ1v) is 9.70. The summed E-state index contributed by atoms with van der Waals surface area (Å²) in [6.07, 6.45) is -0.727. The maximum Gasteiger partial charge on any atom is 0.408 e. The first-order valence-electron chi connectivity index (χ1n) is 9.70. The molecule has 1 atom stereocenters. The number of methoxy groups -OCH3 is 1. The summed E-state index contributed by atoms with van der Waals surface area (Å²) in [5.41, 5.74) is 1.05. The highest BCUT2D eigenvalue weighted by atomic mass is 19.1. The molecule has 0 spiro atoms. The number of ether oxygens (including phenoxy) is 2. The summed E-state index contributed by atoms with van der Waals surface area (Å²) in [5, 5.41) is 2.71. The van der Waals surface area contributed by atoms with E-state index < -0.39 is 17.4 Å². The van der Waals surface area contributed by atoms with Gasteiger partial charge in [-0.25, -0.2) is 9.18 Å². The zero-order valence-electron chi connectivity index (χ0n) is 17.1. The number of amides is 2. The van der Waals surface area contributed by atoms with Crippen molar-refractivity contribution in [2.75, 3.05) is 12.0 Å². The third kappa shape index (κ3) is 3.82. The number of fused-ring (bicyclic) bond motifs is 1. The molecule has 1 aliphatic rings. The lowest BCUT2D eigenvalue weighted by Gasteiger charge is -2.25. The minimum atomic E-state index is -1.40. The van der Waals surface area contributed by atoms with Crippen molar-refractivity contribution in [1.82, 2.24) is 5.32 Å². The molecule has 0 bridgehead atoms. The number of rotatable bonds is 5. The lowest BCUT2D eigenvalue weighted by molar-refractivity contribution is -0.122. The second kappa shape index (κ2) is 8.10. The molecule has 0 aliphatic carbocycles. The molecule has 0 fully saturated rings. The molecule has 1 N–H and O–H groups in total. The van der Waals surface area contributed by atoms with E-state index in [0.29, 0.717) is 22.7 Å². The van der Waals surface area contributed by atoms with Crippen molar-refractivity contribution >= 4 is 23.4 Å². The summed E-state index contributed by atoms with van der Waals surface area (Å²) < 4.78 is 24.1. The molecule has 6 nitrogen and oxygen atoms in total. The van der Waals surface area contributed by atoms with Gasteiger partial charge in [-0.05, 0) is 55.0 Å². The number of carbonyl (C=O) groups is 2. The highest BCUT2D eigenvalue weighted by Gasteiger charge is 2.49. The molecular formula is C24H21FN2O4. The Bertz CT molecular complexity index is 1120.